The normalized spacial score (nSPS) is 50.6. The Morgan fingerprint density at radius 2 is 1.73 bits per heavy atom. The van der Waals surface area contributed by atoms with Gasteiger partial charge < -0.3 is 9.84 Å². The first kappa shape index (κ1) is 18.9. The van der Waals surface area contributed by atoms with Crippen molar-refractivity contribution in [3.8, 4) is 0 Å². The standard InChI is InChI=1S/C23H38O3/c1-22-11-8-16(24)14-15(22)4-5-17-18-6-7-20(21(25)10-13-26-3)23(18,2)12-9-19(17)22/h15-20,24H,4-14H2,1-3H3/t15-,16?,17+,18+,19+,20-,22+,23+/m1/s1. The summed E-state index contributed by atoms with van der Waals surface area (Å²) >= 11 is 0. The minimum Gasteiger partial charge on any atom is -0.393 e. The molecule has 0 spiro atoms. The van der Waals surface area contributed by atoms with E-state index in [2.05, 4.69) is 13.8 Å². The number of ether oxygens (including phenoxy) is 1. The van der Waals surface area contributed by atoms with Crippen LogP contribution < -0.4 is 0 Å². The van der Waals surface area contributed by atoms with E-state index in [1.807, 2.05) is 0 Å². The van der Waals surface area contributed by atoms with Gasteiger partial charge in [-0.05, 0) is 92.3 Å². The smallest absolute Gasteiger partial charge is 0.138 e. The average molecular weight is 363 g/mol. The number of carbonyl (C=O) groups excluding carboxylic acids is 1. The van der Waals surface area contributed by atoms with Gasteiger partial charge in [0.2, 0.25) is 0 Å². The molecule has 4 aliphatic rings. The topological polar surface area (TPSA) is 46.5 Å². The lowest BCUT2D eigenvalue weighted by atomic mass is 9.44. The summed E-state index contributed by atoms with van der Waals surface area (Å²) in [4.78, 5) is 12.8. The van der Waals surface area contributed by atoms with Crippen molar-refractivity contribution in [1.29, 1.82) is 0 Å². The summed E-state index contributed by atoms with van der Waals surface area (Å²) in [5, 5.41) is 10.2. The average Bonchev–Trinajstić information content (AvgIpc) is 2.97. The third-order valence-electron chi connectivity index (χ3n) is 9.58. The third-order valence-corrected chi connectivity index (χ3v) is 9.58. The van der Waals surface area contributed by atoms with Crippen LogP contribution in [0.1, 0.15) is 78.1 Å². The lowest BCUT2D eigenvalue weighted by Gasteiger charge is -2.60. The van der Waals surface area contributed by atoms with E-state index in [9.17, 15) is 9.90 Å². The number of carbonyl (C=O) groups is 1. The maximum Gasteiger partial charge on any atom is 0.138 e. The number of methoxy groups -OCH3 is 1. The molecule has 4 aliphatic carbocycles. The Hall–Kier alpha value is -0.410. The molecule has 0 aromatic heterocycles. The van der Waals surface area contributed by atoms with Crippen molar-refractivity contribution in [1.82, 2.24) is 0 Å². The molecule has 0 bridgehead atoms. The highest BCUT2D eigenvalue weighted by Gasteiger charge is 2.60. The number of aliphatic hydroxyl groups is 1. The fraction of sp³-hybridized carbons (Fsp3) is 0.957. The van der Waals surface area contributed by atoms with Gasteiger partial charge in [-0.25, -0.2) is 0 Å². The molecule has 0 amide bonds. The number of fused-ring (bicyclic) bond motifs is 5. The van der Waals surface area contributed by atoms with Crippen LogP contribution >= 0.6 is 0 Å². The number of hydrogen-bond donors (Lipinski definition) is 1. The fourth-order valence-electron chi connectivity index (χ4n) is 8.14. The van der Waals surface area contributed by atoms with Gasteiger partial charge >= 0.3 is 0 Å². The van der Waals surface area contributed by atoms with Gasteiger partial charge in [0, 0.05) is 19.4 Å². The molecule has 0 heterocycles. The van der Waals surface area contributed by atoms with E-state index in [4.69, 9.17) is 4.74 Å². The van der Waals surface area contributed by atoms with Crippen LogP contribution in [0.4, 0.5) is 0 Å². The summed E-state index contributed by atoms with van der Waals surface area (Å²) in [7, 11) is 1.69. The summed E-state index contributed by atoms with van der Waals surface area (Å²) in [5.74, 6) is 3.81. The molecule has 3 nitrogen and oxygen atoms in total. The third kappa shape index (κ3) is 2.80. The highest BCUT2D eigenvalue weighted by molar-refractivity contribution is 5.82. The molecular weight excluding hydrogens is 324 g/mol. The number of rotatable bonds is 4. The second-order valence-electron chi connectivity index (χ2n) is 10.5. The van der Waals surface area contributed by atoms with Crippen LogP contribution in [-0.4, -0.2) is 30.7 Å². The molecule has 0 radical (unpaired) electrons. The SMILES string of the molecule is COCCC(=O)[C@H]1CC[C@H]2[C@@H]3CC[C@@H]4CC(O)CC[C@]4(C)[C@H]3CC[C@]12C. The molecule has 148 valence electrons. The molecule has 0 aliphatic heterocycles. The van der Waals surface area contributed by atoms with Crippen LogP contribution in [0, 0.1) is 40.4 Å². The number of Topliss-reactive ketones (excluding diaryl/α,β-unsaturated/α-hetero) is 1. The first-order valence-corrected chi connectivity index (χ1v) is 11.1. The zero-order valence-electron chi connectivity index (χ0n) is 17.0. The Labute approximate surface area is 159 Å². The van der Waals surface area contributed by atoms with Crippen LogP contribution in [0.3, 0.4) is 0 Å². The Morgan fingerprint density at radius 3 is 2.50 bits per heavy atom. The van der Waals surface area contributed by atoms with E-state index in [0.29, 0.717) is 24.2 Å². The van der Waals surface area contributed by atoms with Gasteiger partial charge in [0.1, 0.15) is 5.78 Å². The van der Waals surface area contributed by atoms with Gasteiger partial charge in [-0.1, -0.05) is 13.8 Å². The van der Waals surface area contributed by atoms with Crippen LogP contribution in [0.5, 0.6) is 0 Å². The van der Waals surface area contributed by atoms with Crippen molar-refractivity contribution in [3.05, 3.63) is 0 Å². The van der Waals surface area contributed by atoms with E-state index in [0.717, 1.165) is 42.9 Å². The zero-order chi connectivity index (χ0) is 18.5. The summed E-state index contributed by atoms with van der Waals surface area (Å²) in [6.45, 7) is 5.55. The monoisotopic (exact) mass is 362 g/mol. The number of ketones is 1. The van der Waals surface area contributed by atoms with Crippen molar-refractivity contribution in [2.45, 2.75) is 84.2 Å². The van der Waals surface area contributed by atoms with Crippen molar-refractivity contribution in [2.75, 3.05) is 13.7 Å². The predicted octanol–water partition coefficient (Wildman–Crippen LogP) is 4.61. The van der Waals surface area contributed by atoms with E-state index < -0.39 is 0 Å². The largest absolute Gasteiger partial charge is 0.393 e. The quantitative estimate of drug-likeness (QED) is 0.794. The number of aliphatic hydroxyl groups excluding tert-OH is 1. The molecule has 4 saturated carbocycles. The lowest BCUT2D eigenvalue weighted by Crippen LogP contribution is -2.54. The molecule has 1 unspecified atom stereocenters. The van der Waals surface area contributed by atoms with Crippen LogP contribution in [-0.2, 0) is 9.53 Å². The molecule has 0 aromatic carbocycles. The molecular formula is C23H38O3. The van der Waals surface area contributed by atoms with E-state index in [1.54, 1.807) is 7.11 Å². The molecule has 0 aromatic rings. The minimum absolute atomic E-state index is 0.0623. The summed E-state index contributed by atoms with van der Waals surface area (Å²) in [6, 6.07) is 0. The van der Waals surface area contributed by atoms with Gasteiger partial charge in [0.25, 0.3) is 0 Å². The molecule has 0 saturated heterocycles. The molecule has 1 N–H and O–H groups in total. The van der Waals surface area contributed by atoms with Gasteiger partial charge in [-0.15, -0.1) is 0 Å². The molecule has 3 heteroatoms. The van der Waals surface area contributed by atoms with Crippen molar-refractivity contribution in [3.63, 3.8) is 0 Å². The zero-order valence-corrected chi connectivity index (χ0v) is 17.0. The Morgan fingerprint density at radius 1 is 1.00 bits per heavy atom. The van der Waals surface area contributed by atoms with Crippen molar-refractivity contribution >= 4 is 5.78 Å². The first-order chi connectivity index (χ1) is 12.4. The van der Waals surface area contributed by atoms with Gasteiger partial charge in [0.05, 0.1) is 12.7 Å². The first-order valence-electron chi connectivity index (χ1n) is 11.1. The van der Waals surface area contributed by atoms with E-state index in [-0.39, 0.29) is 17.4 Å². The van der Waals surface area contributed by atoms with Crippen LogP contribution in [0.15, 0.2) is 0 Å². The van der Waals surface area contributed by atoms with E-state index in [1.165, 1.54) is 38.5 Å². The van der Waals surface area contributed by atoms with Gasteiger partial charge in [-0.2, -0.15) is 0 Å². The molecule has 26 heavy (non-hydrogen) atoms. The van der Waals surface area contributed by atoms with Crippen molar-refractivity contribution in [2.24, 2.45) is 40.4 Å². The van der Waals surface area contributed by atoms with Crippen LogP contribution in [0.2, 0.25) is 0 Å². The number of hydrogen-bond acceptors (Lipinski definition) is 3. The highest BCUT2D eigenvalue weighted by atomic mass is 16.5. The Balaban J connectivity index is 1.53. The second kappa shape index (κ2) is 6.88. The summed E-state index contributed by atoms with van der Waals surface area (Å²) in [5.41, 5.74) is 0.658. The maximum absolute atomic E-state index is 12.8. The lowest BCUT2D eigenvalue weighted by molar-refractivity contribution is -0.140. The summed E-state index contributed by atoms with van der Waals surface area (Å²) < 4.78 is 5.17. The van der Waals surface area contributed by atoms with Gasteiger partial charge in [0.15, 0.2) is 0 Å². The Bertz CT molecular complexity index is 546. The van der Waals surface area contributed by atoms with E-state index >= 15 is 0 Å². The predicted molar refractivity (Wildman–Crippen MR) is 103 cm³/mol. The van der Waals surface area contributed by atoms with Crippen molar-refractivity contribution < 1.29 is 14.6 Å². The minimum atomic E-state index is -0.0623. The molecule has 4 fully saturated rings. The molecule has 8 atom stereocenters. The van der Waals surface area contributed by atoms with Gasteiger partial charge in [-0.3, -0.25) is 4.79 Å². The second-order valence-corrected chi connectivity index (χ2v) is 10.5. The highest BCUT2D eigenvalue weighted by Crippen LogP contribution is 2.67. The van der Waals surface area contributed by atoms with Crippen LogP contribution in [0.25, 0.3) is 0 Å². The Kier molecular flexibility index (Phi) is 5.01. The maximum atomic E-state index is 12.8. The fourth-order valence-corrected chi connectivity index (χ4v) is 8.14. The summed E-state index contributed by atoms with van der Waals surface area (Å²) in [6.07, 6.45) is 11.3. The molecule has 4 rings (SSSR count).